The quantitative estimate of drug-likeness (QED) is 0.664. The molecule has 8 nitrogen and oxygen atoms in total. The first-order valence-electron chi connectivity index (χ1n) is 8.55. The van der Waals surface area contributed by atoms with Crippen LogP contribution < -0.4 is 14.8 Å². The van der Waals surface area contributed by atoms with Gasteiger partial charge in [-0.3, -0.25) is 19.3 Å². The molecular weight excluding hydrogens is 382 g/mol. The average Bonchev–Trinajstić information content (AvgIpc) is 2.92. The van der Waals surface area contributed by atoms with Crippen LogP contribution in [0, 0.1) is 17.2 Å². The third kappa shape index (κ3) is 5.50. The second kappa shape index (κ2) is 9.80. The number of benzene rings is 1. The molecule has 2 rings (SSSR count). The summed E-state index contributed by atoms with van der Waals surface area (Å²) >= 11 is 0.778. The molecule has 1 aliphatic rings. The van der Waals surface area contributed by atoms with Crippen LogP contribution in [-0.2, 0) is 9.59 Å². The Hall–Kier alpha value is -2.99. The zero-order valence-electron chi connectivity index (χ0n) is 15.9. The Morgan fingerprint density at radius 3 is 2.75 bits per heavy atom. The summed E-state index contributed by atoms with van der Waals surface area (Å²) in [5.41, 5.74) is 0.621. The monoisotopic (exact) mass is 403 g/mol. The fraction of sp³-hybridized carbons (Fsp3) is 0.368. The van der Waals surface area contributed by atoms with Crippen LogP contribution in [0.2, 0.25) is 0 Å². The molecule has 0 bridgehead atoms. The van der Waals surface area contributed by atoms with Gasteiger partial charge in [-0.25, -0.2) is 0 Å². The molecule has 0 atom stereocenters. The summed E-state index contributed by atoms with van der Waals surface area (Å²) in [5, 5.41) is 10.8. The van der Waals surface area contributed by atoms with Crippen LogP contribution in [0.15, 0.2) is 23.1 Å². The Morgan fingerprint density at radius 1 is 1.36 bits per heavy atom. The first-order valence-corrected chi connectivity index (χ1v) is 9.37. The van der Waals surface area contributed by atoms with Crippen molar-refractivity contribution in [3.63, 3.8) is 0 Å². The van der Waals surface area contributed by atoms with E-state index in [1.165, 1.54) is 7.11 Å². The number of nitrogens with one attached hydrogen (secondary N) is 1. The van der Waals surface area contributed by atoms with Gasteiger partial charge < -0.3 is 14.8 Å². The summed E-state index contributed by atoms with van der Waals surface area (Å²) in [6.07, 6.45) is 1.55. The van der Waals surface area contributed by atoms with Crippen LogP contribution in [0.4, 0.5) is 4.79 Å². The van der Waals surface area contributed by atoms with Gasteiger partial charge in [0, 0.05) is 6.54 Å². The van der Waals surface area contributed by atoms with E-state index in [9.17, 15) is 14.4 Å². The molecule has 1 fully saturated rings. The lowest BCUT2D eigenvalue weighted by molar-refractivity contribution is -0.129. The molecule has 0 spiro atoms. The van der Waals surface area contributed by atoms with Gasteiger partial charge in [0.05, 0.1) is 12.0 Å². The predicted molar refractivity (Wildman–Crippen MR) is 105 cm³/mol. The largest absolute Gasteiger partial charge is 0.493 e. The number of thioether (sulfide) groups is 1. The van der Waals surface area contributed by atoms with E-state index in [0.717, 1.165) is 16.7 Å². The third-order valence-electron chi connectivity index (χ3n) is 3.66. The zero-order chi connectivity index (χ0) is 20.7. The van der Waals surface area contributed by atoms with Crippen molar-refractivity contribution in [3.8, 4) is 17.6 Å². The third-order valence-corrected chi connectivity index (χ3v) is 4.57. The number of hydrogen-bond acceptors (Lipinski definition) is 7. The number of ether oxygens (including phenoxy) is 2. The summed E-state index contributed by atoms with van der Waals surface area (Å²) in [5.74, 6) is 0.178. The number of nitriles is 1. The van der Waals surface area contributed by atoms with Gasteiger partial charge in [0.25, 0.3) is 11.1 Å². The van der Waals surface area contributed by atoms with Crippen LogP contribution in [0.25, 0.3) is 6.08 Å². The Balaban J connectivity index is 2.12. The van der Waals surface area contributed by atoms with E-state index in [-0.39, 0.29) is 29.9 Å². The van der Waals surface area contributed by atoms with E-state index in [1.54, 1.807) is 24.3 Å². The number of imide groups is 1. The van der Waals surface area contributed by atoms with Crippen LogP contribution in [-0.4, -0.2) is 48.8 Å². The molecule has 1 aromatic rings. The van der Waals surface area contributed by atoms with Gasteiger partial charge in [0.15, 0.2) is 18.1 Å². The van der Waals surface area contributed by atoms with Gasteiger partial charge in [-0.15, -0.1) is 0 Å². The van der Waals surface area contributed by atoms with E-state index in [1.807, 2.05) is 19.9 Å². The molecule has 1 aromatic carbocycles. The SMILES string of the molecule is COc1cc(/C=C2\SC(=O)N(CC(=O)NCC(C)C)C2=O)ccc1OCC#N. The number of rotatable bonds is 8. The fourth-order valence-electron chi connectivity index (χ4n) is 2.31. The maximum Gasteiger partial charge on any atom is 0.294 e. The van der Waals surface area contributed by atoms with Crippen LogP contribution in [0.5, 0.6) is 11.5 Å². The van der Waals surface area contributed by atoms with E-state index < -0.39 is 11.1 Å². The lowest BCUT2D eigenvalue weighted by atomic mass is 10.2. The minimum absolute atomic E-state index is 0.118. The Bertz CT molecular complexity index is 844. The minimum atomic E-state index is -0.515. The molecule has 28 heavy (non-hydrogen) atoms. The molecule has 1 saturated heterocycles. The normalized spacial score (nSPS) is 15.1. The molecule has 0 saturated carbocycles. The minimum Gasteiger partial charge on any atom is -0.493 e. The smallest absolute Gasteiger partial charge is 0.294 e. The zero-order valence-corrected chi connectivity index (χ0v) is 16.7. The molecule has 9 heteroatoms. The first kappa shape index (κ1) is 21.3. The Kier molecular flexibility index (Phi) is 7.46. The van der Waals surface area contributed by atoms with Crippen molar-refractivity contribution < 1.29 is 23.9 Å². The van der Waals surface area contributed by atoms with Crippen molar-refractivity contribution in [2.75, 3.05) is 26.8 Å². The van der Waals surface area contributed by atoms with Crippen molar-refractivity contribution in [1.29, 1.82) is 5.26 Å². The molecule has 1 aliphatic heterocycles. The second-order valence-electron chi connectivity index (χ2n) is 6.32. The van der Waals surface area contributed by atoms with E-state index >= 15 is 0 Å². The topological polar surface area (TPSA) is 109 Å². The lowest BCUT2D eigenvalue weighted by Gasteiger charge is -2.13. The van der Waals surface area contributed by atoms with Crippen LogP contribution >= 0.6 is 11.8 Å². The average molecular weight is 403 g/mol. The second-order valence-corrected chi connectivity index (χ2v) is 7.32. The number of amides is 3. The highest BCUT2D eigenvalue weighted by Crippen LogP contribution is 2.34. The predicted octanol–water partition coefficient (Wildman–Crippen LogP) is 2.41. The van der Waals surface area contributed by atoms with Crippen LogP contribution in [0.3, 0.4) is 0 Å². The summed E-state index contributed by atoms with van der Waals surface area (Å²) in [7, 11) is 1.46. The van der Waals surface area contributed by atoms with Gasteiger partial charge in [-0.2, -0.15) is 5.26 Å². The van der Waals surface area contributed by atoms with Crippen LogP contribution in [0.1, 0.15) is 19.4 Å². The summed E-state index contributed by atoms with van der Waals surface area (Å²) in [6.45, 7) is 3.96. The van der Waals surface area contributed by atoms with E-state index in [2.05, 4.69) is 5.32 Å². The molecule has 0 aromatic heterocycles. The van der Waals surface area contributed by atoms with Crippen molar-refractivity contribution in [1.82, 2.24) is 10.2 Å². The maximum atomic E-state index is 12.5. The van der Waals surface area contributed by atoms with Gasteiger partial charge in [0.2, 0.25) is 5.91 Å². The number of carbonyl (C=O) groups excluding carboxylic acids is 3. The first-order chi connectivity index (χ1) is 13.3. The number of carbonyl (C=O) groups is 3. The molecule has 0 aliphatic carbocycles. The lowest BCUT2D eigenvalue weighted by Crippen LogP contribution is -2.40. The summed E-state index contributed by atoms with van der Waals surface area (Å²) in [6, 6.07) is 6.80. The van der Waals surface area contributed by atoms with E-state index in [4.69, 9.17) is 14.7 Å². The summed E-state index contributed by atoms with van der Waals surface area (Å²) in [4.78, 5) is 37.7. The highest BCUT2D eigenvalue weighted by atomic mass is 32.2. The Morgan fingerprint density at radius 2 is 2.11 bits per heavy atom. The highest BCUT2D eigenvalue weighted by molar-refractivity contribution is 8.18. The molecule has 0 radical (unpaired) electrons. The molecule has 0 unspecified atom stereocenters. The van der Waals surface area contributed by atoms with Gasteiger partial charge >= 0.3 is 0 Å². The van der Waals surface area contributed by atoms with Crippen molar-refractivity contribution in [2.24, 2.45) is 5.92 Å². The Labute approximate surface area is 167 Å². The molecular formula is C19H21N3O5S. The molecule has 1 heterocycles. The summed E-state index contributed by atoms with van der Waals surface area (Å²) < 4.78 is 10.5. The van der Waals surface area contributed by atoms with Gasteiger partial charge in [-0.05, 0) is 41.5 Å². The van der Waals surface area contributed by atoms with E-state index in [0.29, 0.717) is 23.6 Å². The standard InChI is InChI=1S/C19H21N3O5S/c1-12(2)10-21-17(23)11-22-18(24)16(28-19(22)25)9-13-4-5-14(27-7-6-20)15(8-13)26-3/h4-5,8-9,12H,7,10-11H2,1-3H3,(H,21,23)/b16-9-. The number of methoxy groups -OCH3 is 1. The maximum absolute atomic E-state index is 12.5. The molecule has 148 valence electrons. The van der Waals surface area contributed by atoms with Crippen molar-refractivity contribution >= 4 is 34.9 Å². The molecule has 3 amide bonds. The molecule has 1 N–H and O–H groups in total. The highest BCUT2D eigenvalue weighted by Gasteiger charge is 2.36. The fourth-order valence-corrected chi connectivity index (χ4v) is 3.15. The number of hydrogen-bond donors (Lipinski definition) is 1. The van der Waals surface area contributed by atoms with Gasteiger partial charge in [-0.1, -0.05) is 19.9 Å². The van der Waals surface area contributed by atoms with Gasteiger partial charge in [0.1, 0.15) is 12.6 Å². The van der Waals surface area contributed by atoms with Crippen molar-refractivity contribution in [3.05, 3.63) is 28.7 Å². The number of nitrogens with zero attached hydrogens (tertiary/aromatic N) is 2. The van der Waals surface area contributed by atoms with Crippen molar-refractivity contribution in [2.45, 2.75) is 13.8 Å².